The Kier molecular flexibility index (Phi) is 18.0. The fraction of sp³-hybridized carbons (Fsp3) is 0.268. The quantitative estimate of drug-likeness (QED) is 0.0793. The molecule has 58 heavy (non-hydrogen) atoms. The van der Waals surface area contributed by atoms with E-state index in [9.17, 15) is 24.3 Å². The van der Waals surface area contributed by atoms with Gasteiger partial charge in [-0.25, -0.2) is 24.4 Å². The van der Waals surface area contributed by atoms with E-state index in [4.69, 9.17) is 15.6 Å². The number of halogens is 1. The maximum atomic E-state index is 12.2. The summed E-state index contributed by atoms with van der Waals surface area (Å²) in [7, 11) is 7.77. The van der Waals surface area contributed by atoms with Crippen LogP contribution < -0.4 is 11.1 Å². The second kappa shape index (κ2) is 22.5. The van der Waals surface area contributed by atoms with Crippen molar-refractivity contribution in [3.63, 3.8) is 0 Å². The van der Waals surface area contributed by atoms with E-state index in [0.29, 0.717) is 17.5 Å². The first kappa shape index (κ1) is 46.2. The second-order valence-electron chi connectivity index (χ2n) is 12.5. The molecule has 2 aromatic heterocycles. The van der Waals surface area contributed by atoms with Crippen molar-refractivity contribution in [2.45, 2.75) is 24.9 Å². The number of carbonyl (C=O) groups excluding carboxylic acids is 4. The van der Waals surface area contributed by atoms with Gasteiger partial charge in [0.05, 0.1) is 62.2 Å². The summed E-state index contributed by atoms with van der Waals surface area (Å²) in [6, 6.07) is 28.4. The normalized spacial score (nSPS) is 11.4. The zero-order valence-corrected chi connectivity index (χ0v) is 33.5. The summed E-state index contributed by atoms with van der Waals surface area (Å²) in [6.07, 6.45) is 1.36. The number of amides is 1. The molecule has 16 nitrogen and oxygen atoms in total. The molecule has 2 heterocycles. The van der Waals surface area contributed by atoms with Gasteiger partial charge in [-0.05, 0) is 59.7 Å². The van der Waals surface area contributed by atoms with Crippen LogP contribution in [0.3, 0.4) is 0 Å². The summed E-state index contributed by atoms with van der Waals surface area (Å²) in [4.78, 5) is 62.7. The van der Waals surface area contributed by atoms with Gasteiger partial charge in [0, 0.05) is 32.5 Å². The lowest BCUT2D eigenvalue weighted by molar-refractivity contribution is -0.256. The van der Waals surface area contributed by atoms with Crippen molar-refractivity contribution in [2.24, 2.45) is 19.8 Å². The van der Waals surface area contributed by atoms with Crippen LogP contribution in [0.15, 0.2) is 97.1 Å². The minimum absolute atomic E-state index is 0. The number of hydrogen-bond acceptors (Lipinski definition) is 13. The van der Waals surface area contributed by atoms with Crippen molar-refractivity contribution < 1.29 is 48.6 Å². The lowest BCUT2D eigenvalue weighted by Crippen LogP contribution is -2.44. The van der Waals surface area contributed by atoms with Crippen LogP contribution in [-0.2, 0) is 55.8 Å². The third kappa shape index (κ3) is 12.2. The highest BCUT2D eigenvalue weighted by atomic mass is 35.5. The fourth-order valence-electron chi connectivity index (χ4n) is 5.50. The number of carbonyl (C=O) groups is 4. The molecule has 0 aliphatic carbocycles. The first-order chi connectivity index (χ1) is 27.4. The third-order valence-corrected chi connectivity index (χ3v) is 8.71. The van der Waals surface area contributed by atoms with Crippen molar-refractivity contribution >= 4 is 58.3 Å². The zero-order valence-electron chi connectivity index (χ0n) is 32.7. The van der Waals surface area contributed by atoms with Crippen LogP contribution in [-0.4, -0.2) is 99.8 Å². The molecular weight excluding hydrogens is 772 g/mol. The van der Waals surface area contributed by atoms with E-state index in [1.54, 1.807) is 24.3 Å². The van der Waals surface area contributed by atoms with Crippen molar-refractivity contribution in [1.29, 1.82) is 0 Å². The maximum Gasteiger partial charge on any atom is 0.361 e. The number of nitrogens with zero attached hydrogens (tertiary/aromatic N) is 4. The van der Waals surface area contributed by atoms with Gasteiger partial charge in [-0.1, -0.05) is 48.5 Å². The Labute approximate surface area is 340 Å². The Balaban J connectivity index is 0.000000258. The molecule has 5 N–H and O–H groups in total. The number of nitrogens with two attached hydrogens (primary N) is 1. The number of aryl methyl sites for hydroxylation is 2. The molecule has 0 saturated carbocycles. The molecule has 0 fully saturated rings. The largest absolute Gasteiger partial charge is 0.467 e. The number of nitrogens with one attached hydrogen (secondary N) is 1. The number of esters is 2. The molecule has 2 atom stereocenters. The number of methoxy groups -OCH3 is 2. The molecular formula is C41H47ClN6O10. The summed E-state index contributed by atoms with van der Waals surface area (Å²) in [6.45, 7) is -0.967. The van der Waals surface area contributed by atoms with Gasteiger partial charge in [-0.2, -0.15) is 4.89 Å². The zero-order chi connectivity index (χ0) is 41.5. The van der Waals surface area contributed by atoms with E-state index in [2.05, 4.69) is 45.0 Å². The number of aromatic nitrogens is 4. The molecule has 0 saturated heterocycles. The number of ether oxygens (including phenoxy) is 2. The predicted octanol–water partition coefficient (Wildman–Crippen LogP) is 3.21. The number of imidazole rings is 2. The van der Waals surface area contributed by atoms with E-state index < -0.39 is 43.1 Å². The molecule has 0 radical (unpaired) electrons. The van der Waals surface area contributed by atoms with Crippen molar-refractivity contribution in [3.05, 3.63) is 131 Å². The van der Waals surface area contributed by atoms with Gasteiger partial charge >= 0.3 is 17.9 Å². The minimum atomic E-state index is -1.08. The standard InChI is InChI=1S/C20H21N3O4.C17H16N2O2.C4H9NO4.ClH/c1-23-17-6-4-3-5-15(17)21-18(23)11-13-7-9-14(10-8-13)19(25)22-16(12-24)20(26)27-2;1-19-15-6-4-3-5-14(15)18-16(19)11-12-7-9-13(10-8-12)17(20)21-2;1-8-9-4(7)3(5)2-6;/h3-10,16,24H,11-12H2,1-2H3,(H,22,25);3-10H,11H2,1-2H3;3,6H,2,5H2,1H3;1H. The Morgan fingerprint density at radius 3 is 1.53 bits per heavy atom. The van der Waals surface area contributed by atoms with Gasteiger partial charge in [-0.15, -0.1) is 12.4 Å². The topological polar surface area (TPSA) is 219 Å². The molecule has 1 amide bonds. The van der Waals surface area contributed by atoms with E-state index in [-0.39, 0.29) is 18.4 Å². The Hall–Kier alpha value is -6.17. The summed E-state index contributed by atoms with van der Waals surface area (Å²) < 4.78 is 13.4. The molecule has 0 aliphatic rings. The number of aliphatic hydroxyl groups is 2. The summed E-state index contributed by atoms with van der Waals surface area (Å²) in [5.74, 6) is -0.302. The van der Waals surface area contributed by atoms with Gasteiger partial charge in [0.25, 0.3) is 5.91 Å². The molecule has 4 aromatic carbocycles. The van der Waals surface area contributed by atoms with Gasteiger partial charge in [0.2, 0.25) is 0 Å². The average Bonchev–Trinajstić information content (AvgIpc) is 3.73. The first-order valence-electron chi connectivity index (χ1n) is 17.6. The molecule has 0 spiro atoms. The van der Waals surface area contributed by atoms with Crippen LogP contribution in [0.1, 0.15) is 43.5 Å². The minimum Gasteiger partial charge on any atom is -0.467 e. The van der Waals surface area contributed by atoms with E-state index in [1.807, 2.05) is 80.8 Å². The van der Waals surface area contributed by atoms with Crippen LogP contribution in [0.5, 0.6) is 0 Å². The SMILES string of the molecule is COC(=O)C(CO)NC(=O)c1ccc(Cc2nc3ccccc3n2C)cc1.COC(=O)c1ccc(Cc2nc3ccccc3n2C)cc1.COOC(=O)C(N)CO.Cl. The summed E-state index contributed by atoms with van der Waals surface area (Å²) in [5.41, 5.74) is 12.2. The summed E-state index contributed by atoms with van der Waals surface area (Å²) in [5, 5.41) is 19.9. The predicted molar refractivity (Wildman–Crippen MR) is 217 cm³/mol. The molecule has 17 heteroatoms. The van der Waals surface area contributed by atoms with Gasteiger partial charge in [0.15, 0.2) is 6.04 Å². The Morgan fingerprint density at radius 2 is 1.14 bits per heavy atom. The van der Waals surface area contributed by atoms with Gasteiger partial charge < -0.3 is 39.9 Å². The number of benzene rings is 4. The Morgan fingerprint density at radius 1 is 0.672 bits per heavy atom. The monoisotopic (exact) mass is 818 g/mol. The van der Waals surface area contributed by atoms with Crippen LogP contribution in [0, 0.1) is 0 Å². The highest BCUT2D eigenvalue weighted by molar-refractivity contribution is 5.96. The smallest absolute Gasteiger partial charge is 0.361 e. The van der Waals surface area contributed by atoms with Crippen LogP contribution in [0.2, 0.25) is 0 Å². The highest BCUT2D eigenvalue weighted by Gasteiger charge is 2.21. The molecule has 2 unspecified atom stereocenters. The lowest BCUT2D eigenvalue weighted by atomic mass is 10.1. The Bertz CT molecular complexity index is 2280. The first-order valence-corrected chi connectivity index (χ1v) is 17.6. The fourth-order valence-corrected chi connectivity index (χ4v) is 5.50. The van der Waals surface area contributed by atoms with Gasteiger partial charge in [0.1, 0.15) is 17.7 Å². The number of rotatable bonds is 12. The highest BCUT2D eigenvalue weighted by Crippen LogP contribution is 2.19. The molecule has 0 bridgehead atoms. The van der Waals surface area contributed by atoms with Crippen molar-refractivity contribution in [2.75, 3.05) is 34.5 Å². The summed E-state index contributed by atoms with van der Waals surface area (Å²) >= 11 is 0. The van der Waals surface area contributed by atoms with E-state index >= 15 is 0 Å². The maximum absolute atomic E-state index is 12.2. The van der Waals surface area contributed by atoms with E-state index in [0.717, 1.165) is 51.3 Å². The molecule has 6 aromatic rings. The average molecular weight is 819 g/mol. The van der Waals surface area contributed by atoms with Crippen molar-refractivity contribution in [3.8, 4) is 0 Å². The van der Waals surface area contributed by atoms with Crippen molar-refractivity contribution in [1.82, 2.24) is 24.4 Å². The third-order valence-electron chi connectivity index (χ3n) is 8.71. The number of hydrogen-bond donors (Lipinski definition) is 4. The second-order valence-corrected chi connectivity index (χ2v) is 12.5. The van der Waals surface area contributed by atoms with E-state index in [1.165, 1.54) is 21.3 Å². The number of fused-ring (bicyclic) bond motifs is 2. The van der Waals surface area contributed by atoms with Crippen LogP contribution in [0.25, 0.3) is 22.1 Å². The van der Waals surface area contributed by atoms with Crippen LogP contribution in [0.4, 0.5) is 0 Å². The van der Waals surface area contributed by atoms with Gasteiger partial charge in [-0.3, -0.25) is 9.68 Å². The molecule has 0 aliphatic heterocycles. The molecule has 308 valence electrons. The molecule has 6 rings (SSSR count). The number of aliphatic hydroxyl groups excluding tert-OH is 2. The number of para-hydroxylation sites is 4. The lowest BCUT2D eigenvalue weighted by Gasteiger charge is -2.14. The van der Waals surface area contributed by atoms with Crippen LogP contribution >= 0.6 is 12.4 Å².